The second kappa shape index (κ2) is 8.29. The van der Waals surface area contributed by atoms with Crippen LogP contribution in [0.4, 0.5) is 0 Å². The Morgan fingerprint density at radius 1 is 1.29 bits per heavy atom. The molecule has 1 saturated heterocycles. The van der Waals surface area contributed by atoms with Gasteiger partial charge in [0.2, 0.25) is 5.91 Å². The van der Waals surface area contributed by atoms with Crippen LogP contribution < -0.4 is 5.32 Å². The Hall–Kier alpha value is -1.88. The van der Waals surface area contributed by atoms with Gasteiger partial charge in [0.1, 0.15) is 0 Å². The van der Waals surface area contributed by atoms with Crippen LogP contribution in [0.2, 0.25) is 0 Å². The van der Waals surface area contributed by atoms with Crippen molar-refractivity contribution in [3.05, 3.63) is 35.9 Å². The molecular weight excluding hydrogens is 304 g/mol. The number of hydrogen-bond donors (Lipinski definition) is 2. The van der Waals surface area contributed by atoms with Gasteiger partial charge < -0.3 is 15.3 Å². The lowest BCUT2D eigenvalue weighted by molar-refractivity contribution is -0.126. The molecule has 0 radical (unpaired) electrons. The molecule has 1 aromatic carbocycles. The summed E-state index contributed by atoms with van der Waals surface area (Å²) in [5.41, 5.74) is 0.543. The Kier molecular flexibility index (Phi) is 6.37. The summed E-state index contributed by atoms with van der Waals surface area (Å²) in [6.07, 6.45) is 2.30. The summed E-state index contributed by atoms with van der Waals surface area (Å²) in [7, 11) is 0. The Morgan fingerprint density at radius 2 is 2.00 bits per heavy atom. The molecule has 1 fully saturated rings. The van der Waals surface area contributed by atoms with Gasteiger partial charge in [-0.25, -0.2) is 0 Å². The van der Waals surface area contributed by atoms with Crippen molar-refractivity contribution < 1.29 is 14.7 Å². The molecule has 1 atom stereocenters. The van der Waals surface area contributed by atoms with E-state index in [2.05, 4.69) is 5.32 Å². The summed E-state index contributed by atoms with van der Waals surface area (Å²) in [6.45, 7) is 5.87. The predicted octanol–water partition coefficient (Wildman–Crippen LogP) is 2.06. The SMILES string of the molecule is CC(C)(CCO)CNC(=O)C1CCCN(C(=O)c2ccccc2)C1. The van der Waals surface area contributed by atoms with Crippen LogP contribution in [0.1, 0.15) is 43.5 Å². The third-order valence-corrected chi connectivity index (χ3v) is 4.63. The number of piperidine rings is 1. The molecule has 2 rings (SSSR count). The highest BCUT2D eigenvalue weighted by molar-refractivity contribution is 5.94. The van der Waals surface area contributed by atoms with E-state index in [1.807, 2.05) is 44.2 Å². The van der Waals surface area contributed by atoms with Crippen LogP contribution in [0.3, 0.4) is 0 Å². The molecule has 24 heavy (non-hydrogen) atoms. The maximum Gasteiger partial charge on any atom is 0.253 e. The average Bonchev–Trinajstić information content (AvgIpc) is 2.60. The van der Waals surface area contributed by atoms with E-state index in [1.165, 1.54) is 0 Å². The fourth-order valence-corrected chi connectivity index (χ4v) is 3.00. The summed E-state index contributed by atoms with van der Waals surface area (Å²) in [5, 5.41) is 12.1. The first-order chi connectivity index (χ1) is 11.4. The molecule has 0 aromatic heterocycles. The van der Waals surface area contributed by atoms with Crippen LogP contribution in [0, 0.1) is 11.3 Å². The number of aliphatic hydroxyl groups is 1. The Morgan fingerprint density at radius 3 is 2.67 bits per heavy atom. The smallest absolute Gasteiger partial charge is 0.253 e. The third-order valence-electron chi connectivity index (χ3n) is 4.63. The average molecular weight is 332 g/mol. The first-order valence-corrected chi connectivity index (χ1v) is 8.66. The molecule has 0 aliphatic carbocycles. The minimum atomic E-state index is -0.156. The fourth-order valence-electron chi connectivity index (χ4n) is 3.00. The van der Waals surface area contributed by atoms with E-state index in [4.69, 9.17) is 5.11 Å². The molecule has 0 bridgehead atoms. The van der Waals surface area contributed by atoms with E-state index in [0.29, 0.717) is 31.6 Å². The lowest BCUT2D eigenvalue weighted by Crippen LogP contribution is -2.47. The van der Waals surface area contributed by atoms with Gasteiger partial charge in [-0.05, 0) is 36.8 Å². The van der Waals surface area contributed by atoms with Crippen molar-refractivity contribution in [2.45, 2.75) is 33.1 Å². The lowest BCUT2D eigenvalue weighted by Gasteiger charge is -2.33. The number of aliphatic hydroxyl groups excluding tert-OH is 1. The molecular formula is C19H28N2O3. The molecule has 2 N–H and O–H groups in total. The molecule has 0 spiro atoms. The van der Waals surface area contributed by atoms with Crippen LogP contribution >= 0.6 is 0 Å². The largest absolute Gasteiger partial charge is 0.396 e. The third kappa shape index (κ3) is 5.06. The van der Waals surface area contributed by atoms with Crippen molar-refractivity contribution in [3.63, 3.8) is 0 Å². The van der Waals surface area contributed by atoms with Crippen molar-refractivity contribution >= 4 is 11.8 Å². The van der Waals surface area contributed by atoms with E-state index >= 15 is 0 Å². The number of nitrogens with zero attached hydrogens (tertiary/aromatic N) is 1. The van der Waals surface area contributed by atoms with Crippen LogP contribution in [0.15, 0.2) is 30.3 Å². The van der Waals surface area contributed by atoms with Crippen molar-refractivity contribution in [1.82, 2.24) is 10.2 Å². The van der Waals surface area contributed by atoms with E-state index in [-0.39, 0.29) is 29.8 Å². The van der Waals surface area contributed by atoms with Gasteiger partial charge in [0, 0.05) is 31.8 Å². The first-order valence-electron chi connectivity index (χ1n) is 8.66. The number of amides is 2. The zero-order valence-corrected chi connectivity index (χ0v) is 14.6. The topological polar surface area (TPSA) is 69.6 Å². The number of likely N-dealkylation sites (tertiary alicyclic amines) is 1. The van der Waals surface area contributed by atoms with Crippen LogP contribution in [-0.2, 0) is 4.79 Å². The van der Waals surface area contributed by atoms with E-state index in [0.717, 1.165) is 12.8 Å². The van der Waals surface area contributed by atoms with Gasteiger partial charge in [-0.2, -0.15) is 0 Å². The quantitative estimate of drug-likeness (QED) is 0.838. The lowest BCUT2D eigenvalue weighted by atomic mass is 9.89. The Bertz CT molecular complexity index is 557. The van der Waals surface area contributed by atoms with Gasteiger partial charge in [0.15, 0.2) is 0 Å². The molecule has 132 valence electrons. The summed E-state index contributed by atoms with van der Waals surface area (Å²) >= 11 is 0. The van der Waals surface area contributed by atoms with Crippen LogP contribution in [0.25, 0.3) is 0 Å². The highest BCUT2D eigenvalue weighted by atomic mass is 16.3. The Labute approximate surface area is 144 Å². The van der Waals surface area contributed by atoms with E-state index in [9.17, 15) is 9.59 Å². The minimum Gasteiger partial charge on any atom is -0.396 e. The zero-order chi connectivity index (χ0) is 17.6. The van der Waals surface area contributed by atoms with Gasteiger partial charge in [-0.1, -0.05) is 32.0 Å². The second-order valence-corrected chi connectivity index (χ2v) is 7.31. The maximum atomic E-state index is 12.5. The summed E-state index contributed by atoms with van der Waals surface area (Å²) in [4.78, 5) is 26.8. The van der Waals surface area contributed by atoms with Gasteiger partial charge in [0.05, 0.1) is 5.92 Å². The van der Waals surface area contributed by atoms with Crippen molar-refractivity contribution in [1.29, 1.82) is 0 Å². The maximum absolute atomic E-state index is 12.5. The molecule has 5 heteroatoms. The fraction of sp³-hybridized carbons (Fsp3) is 0.579. The molecule has 1 aliphatic heterocycles. The minimum absolute atomic E-state index is 0.00582. The standard InChI is InChI=1S/C19H28N2O3/c1-19(2,10-12-22)14-20-17(23)16-9-6-11-21(13-16)18(24)15-7-4-3-5-8-15/h3-5,7-8,16,22H,6,9-14H2,1-2H3,(H,20,23). The van der Waals surface area contributed by atoms with E-state index < -0.39 is 0 Å². The van der Waals surface area contributed by atoms with Gasteiger partial charge in [0.25, 0.3) is 5.91 Å². The summed E-state index contributed by atoms with van der Waals surface area (Å²) < 4.78 is 0. The first kappa shape index (κ1) is 18.5. The van der Waals surface area contributed by atoms with Crippen LogP contribution in [-0.4, -0.2) is 48.1 Å². The molecule has 5 nitrogen and oxygen atoms in total. The number of carbonyl (C=O) groups is 2. The zero-order valence-electron chi connectivity index (χ0n) is 14.6. The van der Waals surface area contributed by atoms with Crippen LogP contribution in [0.5, 0.6) is 0 Å². The molecule has 0 saturated carbocycles. The molecule has 1 aromatic rings. The van der Waals surface area contributed by atoms with Crippen molar-refractivity contribution in [2.75, 3.05) is 26.2 Å². The summed E-state index contributed by atoms with van der Waals surface area (Å²) in [6, 6.07) is 9.21. The highest BCUT2D eigenvalue weighted by Crippen LogP contribution is 2.21. The molecule has 1 aliphatic rings. The van der Waals surface area contributed by atoms with Gasteiger partial charge >= 0.3 is 0 Å². The molecule has 1 heterocycles. The molecule has 1 unspecified atom stereocenters. The second-order valence-electron chi connectivity index (χ2n) is 7.31. The van der Waals surface area contributed by atoms with Gasteiger partial charge in [-0.15, -0.1) is 0 Å². The number of benzene rings is 1. The number of carbonyl (C=O) groups excluding carboxylic acids is 2. The van der Waals surface area contributed by atoms with Gasteiger partial charge in [-0.3, -0.25) is 9.59 Å². The number of hydrogen-bond acceptors (Lipinski definition) is 3. The highest BCUT2D eigenvalue weighted by Gasteiger charge is 2.29. The number of nitrogens with one attached hydrogen (secondary N) is 1. The molecule has 2 amide bonds. The number of rotatable bonds is 6. The van der Waals surface area contributed by atoms with Crippen molar-refractivity contribution in [3.8, 4) is 0 Å². The van der Waals surface area contributed by atoms with Crippen molar-refractivity contribution in [2.24, 2.45) is 11.3 Å². The Balaban J connectivity index is 1.90. The monoisotopic (exact) mass is 332 g/mol. The summed E-state index contributed by atoms with van der Waals surface area (Å²) in [5.74, 6) is -0.156. The van der Waals surface area contributed by atoms with E-state index in [1.54, 1.807) is 4.90 Å². The predicted molar refractivity (Wildman–Crippen MR) is 93.6 cm³/mol. The normalized spacial score (nSPS) is 18.3.